The number of benzene rings is 14. The minimum atomic E-state index is -0.233. The average Bonchev–Trinajstić information content (AvgIpc) is 1.48. The van der Waals surface area contributed by atoms with Gasteiger partial charge in [0, 0.05) is 72.2 Å². The Kier molecular flexibility index (Phi) is 14.1. The quantitative estimate of drug-likeness (QED) is 0.148. The Morgan fingerprint density at radius 1 is 0.310 bits per heavy atom. The second kappa shape index (κ2) is 23.8. The van der Waals surface area contributed by atoms with Crippen molar-refractivity contribution in [1.29, 1.82) is 0 Å². The van der Waals surface area contributed by atoms with Crippen molar-refractivity contribution in [2.24, 2.45) is 0 Å². The third kappa shape index (κ3) is 9.22. The van der Waals surface area contributed by atoms with Crippen molar-refractivity contribution in [2.45, 2.75) is 153 Å². The molecule has 562 valence electrons. The minimum Gasteiger partial charge on any atom is -0.456 e. The monoisotopic (exact) mass is 1500 g/mol. The van der Waals surface area contributed by atoms with Crippen LogP contribution in [-0.2, 0) is 21.7 Å². The van der Waals surface area contributed by atoms with Gasteiger partial charge in [0.05, 0.1) is 27.8 Å². The van der Waals surface area contributed by atoms with Crippen LogP contribution >= 0.6 is 0 Å². The lowest BCUT2D eigenvalue weighted by molar-refractivity contribution is 0.195. The van der Waals surface area contributed by atoms with Crippen LogP contribution in [0.2, 0.25) is 0 Å². The van der Waals surface area contributed by atoms with E-state index in [2.05, 4.69) is 368 Å². The van der Waals surface area contributed by atoms with Gasteiger partial charge in [-0.1, -0.05) is 281 Å². The Morgan fingerprint density at radius 3 is 1.36 bits per heavy atom. The molecule has 6 aliphatic heterocycles. The van der Waals surface area contributed by atoms with Crippen LogP contribution in [0.1, 0.15) is 143 Å². The second-order valence-electron chi connectivity index (χ2n) is 38.0. The van der Waals surface area contributed by atoms with E-state index in [-0.39, 0.29) is 46.4 Å². The molecule has 8 heterocycles. The van der Waals surface area contributed by atoms with E-state index in [1.807, 2.05) is 0 Å². The summed E-state index contributed by atoms with van der Waals surface area (Å²) in [6, 6.07) is 107. The molecule has 116 heavy (non-hydrogen) atoms. The molecule has 0 saturated heterocycles. The zero-order valence-electron chi connectivity index (χ0n) is 68.0. The fourth-order valence-electron chi connectivity index (χ4n) is 23.5. The Hall–Kier alpha value is -12.0. The Morgan fingerprint density at radius 2 is 0.759 bits per heavy atom. The van der Waals surface area contributed by atoms with Crippen molar-refractivity contribution < 1.29 is 8.83 Å². The first-order valence-electron chi connectivity index (χ1n) is 42.6. The third-order valence-electron chi connectivity index (χ3n) is 30.0. The lowest BCUT2D eigenvalue weighted by Gasteiger charge is -2.53. The predicted octanol–water partition coefficient (Wildman–Crippen LogP) is 26.4. The maximum Gasteiger partial charge on any atom is 0.333 e. The highest BCUT2D eigenvalue weighted by Gasteiger charge is 2.65. The van der Waals surface area contributed by atoms with Gasteiger partial charge in [0.25, 0.3) is 0 Å². The van der Waals surface area contributed by atoms with Crippen LogP contribution in [0, 0.1) is 0 Å². The van der Waals surface area contributed by atoms with Crippen molar-refractivity contribution in [1.82, 2.24) is 0 Å². The molecule has 4 atom stereocenters. The van der Waals surface area contributed by atoms with E-state index in [0.29, 0.717) is 0 Å². The first kappa shape index (κ1) is 68.4. The summed E-state index contributed by atoms with van der Waals surface area (Å²) in [5, 5.41) is 4.68. The zero-order chi connectivity index (χ0) is 78.0. The highest BCUT2D eigenvalue weighted by Crippen LogP contribution is 2.67. The summed E-state index contributed by atoms with van der Waals surface area (Å²) in [4.78, 5) is 11.2. The number of hydrogen-bond donors (Lipinski definition) is 0. The van der Waals surface area contributed by atoms with Gasteiger partial charge in [0.1, 0.15) is 16.7 Å². The average molecular weight is 1500 g/mol. The normalized spacial score (nSPS) is 20.4. The molecule has 2 fully saturated rings. The summed E-state index contributed by atoms with van der Waals surface area (Å²) in [5.74, 6) is 0. The third-order valence-corrected chi connectivity index (χ3v) is 30.0. The van der Waals surface area contributed by atoms with Crippen LogP contribution < -0.4 is 41.3 Å². The Bertz CT molecular complexity index is 6910. The van der Waals surface area contributed by atoms with Gasteiger partial charge in [-0.25, -0.2) is 0 Å². The minimum absolute atomic E-state index is 0.0913. The number of anilines is 8. The molecule has 0 bridgehead atoms. The lowest BCUT2D eigenvalue weighted by Crippen LogP contribution is -2.64. The van der Waals surface area contributed by atoms with Crippen LogP contribution in [0.15, 0.2) is 288 Å². The maximum absolute atomic E-state index is 7.68. The van der Waals surface area contributed by atoms with Gasteiger partial charge < -0.3 is 28.3 Å². The van der Waals surface area contributed by atoms with E-state index < -0.39 is 0 Å². The molecular weight excluding hydrogens is 1410 g/mol. The number of fused-ring (bicyclic) bond motifs is 22. The van der Waals surface area contributed by atoms with E-state index in [1.165, 1.54) is 187 Å². The summed E-state index contributed by atoms with van der Waals surface area (Å²) < 4.78 is 14.8. The van der Waals surface area contributed by atoms with E-state index in [1.54, 1.807) is 0 Å². The molecule has 0 radical (unpaired) electrons. The van der Waals surface area contributed by atoms with Crippen molar-refractivity contribution in [3.05, 3.63) is 301 Å². The summed E-state index contributed by atoms with van der Waals surface area (Å²) in [5.41, 5.74) is 41.1. The molecule has 0 N–H and O–H groups in total. The first-order chi connectivity index (χ1) is 56.2. The first-order valence-corrected chi connectivity index (χ1v) is 42.6. The van der Waals surface area contributed by atoms with Gasteiger partial charge in [0.15, 0.2) is 5.58 Å². The molecule has 4 unspecified atom stereocenters. The smallest absolute Gasteiger partial charge is 0.333 e. The van der Waals surface area contributed by atoms with Crippen LogP contribution in [-0.4, -0.2) is 24.8 Å². The number of hydrogen-bond acceptors (Lipinski definition) is 6. The summed E-state index contributed by atoms with van der Waals surface area (Å²) in [6.45, 7) is 24.6. The molecule has 0 spiro atoms. The molecule has 14 aromatic carbocycles. The van der Waals surface area contributed by atoms with Gasteiger partial charge in [-0.15, -0.1) is 0 Å². The van der Waals surface area contributed by atoms with Gasteiger partial charge in [-0.05, 0) is 240 Å². The standard InChI is InChI=1S/C108H92B2N4O2/c1-103(2,3)75-59-86-98-88(61-75)109-96-84(64-94-95(80-35-20-21-36-92(80)115-94)100(96)111(98)107(9)53-24-22-51-105(86,107)7)81-56-72(66-29-16-12-17-30-66)42-49-90(81)113(109)77-46-39-69(40-47-77)70-33-26-34-71(55-70)73-43-50-93-82(57-73)85-63-83-79-48-41-74(67-31-18-13-19-32-67)58-91(79)114(78-44-37-68(38-45-78)65-27-14-11-15-28-65)110-89-62-76(104(4,5)6)60-87-99(89)112(101(97(83)110)102(85)116-93)108(10)54-25-23-52-106(87,108)8/h11-21,26-50,55-64H,22-25,51-54H2,1-10H3. The fraction of sp³-hybridized carbons (Fsp3) is 0.222. The molecule has 8 aliphatic rings. The highest BCUT2D eigenvalue weighted by atomic mass is 16.3. The van der Waals surface area contributed by atoms with E-state index in [4.69, 9.17) is 8.83 Å². The number of nitrogens with zero attached hydrogens (tertiary/aromatic N) is 4. The van der Waals surface area contributed by atoms with E-state index in [9.17, 15) is 0 Å². The van der Waals surface area contributed by atoms with Gasteiger partial charge in [-0.2, -0.15) is 0 Å². The molecule has 16 aromatic rings. The van der Waals surface area contributed by atoms with E-state index in [0.717, 1.165) is 75.6 Å². The zero-order valence-corrected chi connectivity index (χ0v) is 68.0. The summed E-state index contributed by atoms with van der Waals surface area (Å²) in [6.07, 6.45) is 9.26. The van der Waals surface area contributed by atoms with Gasteiger partial charge >= 0.3 is 13.7 Å². The van der Waals surface area contributed by atoms with Crippen molar-refractivity contribution in [3.63, 3.8) is 0 Å². The molecular formula is C108H92B2N4O2. The molecule has 24 rings (SSSR count). The number of para-hydroxylation sites is 1. The summed E-state index contributed by atoms with van der Waals surface area (Å²) >= 11 is 0. The Balaban J connectivity index is 0.676. The van der Waals surface area contributed by atoms with Crippen LogP contribution in [0.5, 0.6) is 0 Å². The van der Waals surface area contributed by atoms with Crippen molar-refractivity contribution >= 4 is 125 Å². The van der Waals surface area contributed by atoms with E-state index >= 15 is 0 Å². The number of rotatable bonds is 7. The topological polar surface area (TPSA) is 39.2 Å². The van der Waals surface area contributed by atoms with Crippen LogP contribution in [0.3, 0.4) is 0 Å². The Labute approximate surface area is 681 Å². The summed E-state index contributed by atoms with van der Waals surface area (Å²) in [7, 11) is 0. The largest absolute Gasteiger partial charge is 0.456 e. The van der Waals surface area contributed by atoms with Gasteiger partial charge in [0.2, 0.25) is 0 Å². The highest BCUT2D eigenvalue weighted by molar-refractivity contribution is 6.95. The fourth-order valence-corrected chi connectivity index (χ4v) is 23.5. The predicted molar refractivity (Wildman–Crippen MR) is 489 cm³/mol. The lowest BCUT2D eigenvalue weighted by atomic mass is 9.43. The molecule has 8 heteroatoms. The molecule has 2 aromatic heterocycles. The second-order valence-corrected chi connectivity index (χ2v) is 38.0. The SMILES string of the molecule is CC(C)(C)c1cc2c3c(c1)C1(C)CCCCC1(C)N3c1c3c(cc4c1oc1ccc(-c5cccc(-c6ccc(N7B8c9cc(C(C)(C)C)cc%10c9N(c9c8c(cc8oc%11ccccc%11c98)-c8cc(-c9ccccc9)ccc87)C7(C)CCCCC%107C)cc6)c5)cc14)-c1ccc(-c4ccccc4)cc1N(c1ccc(-c4ccccc4)cc1)B23. The maximum atomic E-state index is 7.68. The molecule has 0 amide bonds. The molecule has 2 aliphatic carbocycles. The van der Waals surface area contributed by atoms with Gasteiger partial charge in [-0.3, -0.25) is 0 Å². The van der Waals surface area contributed by atoms with Crippen molar-refractivity contribution in [2.75, 3.05) is 19.4 Å². The molecule has 6 nitrogen and oxygen atoms in total. The number of furan rings is 2. The molecule has 2 saturated carbocycles. The van der Waals surface area contributed by atoms with Crippen LogP contribution in [0.25, 0.3) is 122 Å². The van der Waals surface area contributed by atoms with Crippen molar-refractivity contribution in [3.8, 4) is 77.9 Å². The van der Waals surface area contributed by atoms with Crippen LogP contribution in [0.4, 0.5) is 45.5 Å².